The van der Waals surface area contributed by atoms with Crippen molar-refractivity contribution in [3.05, 3.63) is 18.6 Å². The van der Waals surface area contributed by atoms with Crippen LogP contribution < -0.4 is 0 Å². The van der Waals surface area contributed by atoms with E-state index < -0.39 is 0 Å². The molecular formula is C9H15O. The van der Waals surface area contributed by atoms with Crippen LogP contribution in [0, 0.1) is 6.92 Å². The Labute approximate surface area is 63.1 Å². The summed E-state index contributed by atoms with van der Waals surface area (Å²) in [6.45, 7) is 5.02. The second-order valence-electron chi connectivity index (χ2n) is 2.66. The predicted molar refractivity (Wildman–Crippen MR) is 42.7 cm³/mol. The summed E-state index contributed by atoms with van der Waals surface area (Å²) in [6, 6.07) is 0. The van der Waals surface area contributed by atoms with Crippen LogP contribution in [0.5, 0.6) is 0 Å². The number of hydrogen-bond donors (Lipinski definition) is 0. The van der Waals surface area contributed by atoms with Crippen molar-refractivity contribution in [1.82, 2.24) is 0 Å². The van der Waals surface area contributed by atoms with Crippen molar-refractivity contribution in [2.24, 2.45) is 0 Å². The van der Waals surface area contributed by atoms with Gasteiger partial charge in [0.25, 0.3) is 0 Å². The van der Waals surface area contributed by atoms with E-state index in [4.69, 9.17) is 4.74 Å². The molecule has 0 amide bonds. The van der Waals surface area contributed by atoms with Crippen LogP contribution in [-0.2, 0) is 4.74 Å². The first kappa shape index (κ1) is 7.80. The highest BCUT2D eigenvalue weighted by Crippen LogP contribution is 2.16. The third kappa shape index (κ3) is 2.53. The summed E-state index contributed by atoms with van der Waals surface area (Å²) >= 11 is 0. The molecule has 1 aliphatic rings. The van der Waals surface area contributed by atoms with Crippen LogP contribution in [0.3, 0.4) is 0 Å². The first-order valence-electron chi connectivity index (χ1n) is 3.98. The molecule has 1 rings (SSSR count). The SMILES string of the molecule is [CH2]COCC1=CCCCC1. The highest BCUT2D eigenvalue weighted by Gasteiger charge is 2.01. The first-order valence-corrected chi connectivity index (χ1v) is 3.98. The van der Waals surface area contributed by atoms with E-state index in [0.717, 1.165) is 6.61 Å². The third-order valence-electron chi connectivity index (χ3n) is 1.82. The van der Waals surface area contributed by atoms with E-state index in [1.54, 1.807) is 0 Å². The lowest BCUT2D eigenvalue weighted by molar-refractivity contribution is 0.181. The lowest BCUT2D eigenvalue weighted by atomic mass is 10.0. The molecule has 0 saturated heterocycles. The molecule has 0 aromatic heterocycles. The van der Waals surface area contributed by atoms with Crippen LogP contribution in [0.25, 0.3) is 0 Å². The van der Waals surface area contributed by atoms with Crippen LogP contribution in [0.1, 0.15) is 25.7 Å². The summed E-state index contributed by atoms with van der Waals surface area (Å²) in [5, 5.41) is 0. The zero-order valence-corrected chi connectivity index (χ0v) is 6.44. The largest absolute Gasteiger partial charge is 0.377 e. The summed E-state index contributed by atoms with van der Waals surface area (Å²) in [6.07, 6.45) is 7.48. The van der Waals surface area contributed by atoms with E-state index in [-0.39, 0.29) is 0 Å². The van der Waals surface area contributed by atoms with Gasteiger partial charge >= 0.3 is 0 Å². The topological polar surface area (TPSA) is 9.23 Å². The summed E-state index contributed by atoms with van der Waals surface area (Å²) in [7, 11) is 0. The number of allylic oxidation sites excluding steroid dienone is 1. The Morgan fingerprint density at radius 1 is 1.50 bits per heavy atom. The highest BCUT2D eigenvalue weighted by atomic mass is 16.5. The third-order valence-corrected chi connectivity index (χ3v) is 1.82. The highest BCUT2D eigenvalue weighted by molar-refractivity contribution is 5.05. The number of ether oxygens (including phenoxy) is 1. The quantitative estimate of drug-likeness (QED) is 0.545. The smallest absolute Gasteiger partial charge is 0.0676 e. The van der Waals surface area contributed by atoms with Gasteiger partial charge in [0.2, 0.25) is 0 Å². The van der Waals surface area contributed by atoms with Crippen LogP contribution in [0.2, 0.25) is 0 Å². The van der Waals surface area contributed by atoms with Gasteiger partial charge in [-0.15, -0.1) is 0 Å². The van der Waals surface area contributed by atoms with E-state index in [9.17, 15) is 0 Å². The van der Waals surface area contributed by atoms with Crippen LogP contribution in [-0.4, -0.2) is 13.2 Å². The average molecular weight is 139 g/mol. The van der Waals surface area contributed by atoms with Gasteiger partial charge in [-0.1, -0.05) is 6.08 Å². The molecule has 0 heterocycles. The van der Waals surface area contributed by atoms with Gasteiger partial charge in [0, 0.05) is 6.61 Å². The standard InChI is InChI=1S/C9H15O/c1-2-10-8-9-6-4-3-5-7-9/h6H,1-5,7-8H2. The van der Waals surface area contributed by atoms with Gasteiger partial charge < -0.3 is 4.74 Å². The van der Waals surface area contributed by atoms with Gasteiger partial charge in [0.05, 0.1) is 6.61 Å². The Kier molecular flexibility index (Phi) is 3.52. The molecule has 1 heteroatoms. The van der Waals surface area contributed by atoms with E-state index in [2.05, 4.69) is 13.0 Å². The molecular weight excluding hydrogens is 124 g/mol. The Balaban J connectivity index is 2.18. The van der Waals surface area contributed by atoms with Crippen molar-refractivity contribution in [2.45, 2.75) is 25.7 Å². The summed E-state index contributed by atoms with van der Waals surface area (Å²) < 4.78 is 5.19. The fourth-order valence-electron chi connectivity index (χ4n) is 1.24. The van der Waals surface area contributed by atoms with Crippen molar-refractivity contribution in [3.8, 4) is 0 Å². The second-order valence-corrected chi connectivity index (χ2v) is 2.66. The van der Waals surface area contributed by atoms with Crippen LogP contribution in [0.4, 0.5) is 0 Å². The van der Waals surface area contributed by atoms with Gasteiger partial charge in [-0.3, -0.25) is 0 Å². The molecule has 0 aromatic carbocycles. The molecule has 10 heavy (non-hydrogen) atoms. The molecule has 0 atom stereocenters. The minimum absolute atomic E-state index is 0.595. The van der Waals surface area contributed by atoms with Crippen molar-refractivity contribution < 1.29 is 4.74 Å². The average Bonchev–Trinajstić information content (AvgIpc) is 2.03. The molecule has 0 aromatic rings. The van der Waals surface area contributed by atoms with Gasteiger partial charge in [-0.2, -0.15) is 0 Å². The summed E-state index contributed by atoms with van der Waals surface area (Å²) in [4.78, 5) is 0. The monoisotopic (exact) mass is 139 g/mol. The molecule has 1 nitrogen and oxygen atoms in total. The van der Waals surface area contributed by atoms with Crippen LogP contribution >= 0.6 is 0 Å². The fraction of sp³-hybridized carbons (Fsp3) is 0.667. The number of rotatable bonds is 3. The van der Waals surface area contributed by atoms with Gasteiger partial charge in [-0.25, -0.2) is 0 Å². The molecule has 1 radical (unpaired) electrons. The van der Waals surface area contributed by atoms with Gasteiger partial charge in [0.15, 0.2) is 0 Å². The van der Waals surface area contributed by atoms with E-state index in [1.165, 1.54) is 31.3 Å². The zero-order valence-electron chi connectivity index (χ0n) is 6.44. The molecule has 0 unspecified atom stereocenters. The van der Waals surface area contributed by atoms with E-state index >= 15 is 0 Å². The maximum absolute atomic E-state index is 5.19. The number of hydrogen-bond acceptors (Lipinski definition) is 1. The van der Waals surface area contributed by atoms with Crippen molar-refractivity contribution in [3.63, 3.8) is 0 Å². The molecule has 0 N–H and O–H groups in total. The summed E-state index contributed by atoms with van der Waals surface area (Å²) in [5.41, 5.74) is 1.47. The molecule has 0 aliphatic heterocycles. The van der Waals surface area contributed by atoms with Crippen molar-refractivity contribution in [1.29, 1.82) is 0 Å². The second kappa shape index (κ2) is 4.51. The normalized spacial score (nSPS) is 18.7. The molecule has 0 saturated carbocycles. The zero-order chi connectivity index (χ0) is 7.23. The van der Waals surface area contributed by atoms with Gasteiger partial charge in [-0.05, 0) is 38.2 Å². The van der Waals surface area contributed by atoms with Gasteiger partial charge in [0.1, 0.15) is 0 Å². The predicted octanol–water partition coefficient (Wildman–Crippen LogP) is 2.34. The van der Waals surface area contributed by atoms with E-state index in [1.807, 2.05) is 0 Å². The minimum Gasteiger partial charge on any atom is -0.377 e. The fourth-order valence-corrected chi connectivity index (χ4v) is 1.24. The molecule has 0 bridgehead atoms. The maximum atomic E-state index is 5.19. The Hall–Kier alpha value is -0.300. The molecule has 57 valence electrons. The molecule has 0 spiro atoms. The van der Waals surface area contributed by atoms with Crippen molar-refractivity contribution in [2.75, 3.05) is 13.2 Å². The lowest BCUT2D eigenvalue weighted by Gasteiger charge is -2.11. The maximum Gasteiger partial charge on any atom is 0.0676 e. The van der Waals surface area contributed by atoms with Crippen LogP contribution in [0.15, 0.2) is 11.6 Å². The Bertz CT molecular complexity index is 116. The Morgan fingerprint density at radius 2 is 2.40 bits per heavy atom. The summed E-state index contributed by atoms with van der Waals surface area (Å²) in [5.74, 6) is 0. The minimum atomic E-state index is 0.595. The van der Waals surface area contributed by atoms with Crippen molar-refractivity contribution >= 4 is 0 Å². The molecule has 1 aliphatic carbocycles. The Morgan fingerprint density at radius 3 is 3.00 bits per heavy atom. The first-order chi connectivity index (χ1) is 4.93. The molecule has 0 fully saturated rings. The lowest BCUT2D eigenvalue weighted by Crippen LogP contribution is -2.01. The van der Waals surface area contributed by atoms with E-state index in [0.29, 0.717) is 6.61 Å².